The number of nitrogens with one attached hydrogen (secondary N) is 1. The van der Waals surface area contributed by atoms with Crippen molar-refractivity contribution < 1.29 is 9.47 Å². The molecule has 1 aliphatic carbocycles. The summed E-state index contributed by atoms with van der Waals surface area (Å²) in [5.41, 5.74) is 0. The van der Waals surface area contributed by atoms with E-state index in [2.05, 4.69) is 17.1 Å². The van der Waals surface area contributed by atoms with E-state index in [0.717, 1.165) is 19.6 Å². The Morgan fingerprint density at radius 2 is 1.67 bits per heavy atom. The van der Waals surface area contributed by atoms with Crippen LogP contribution >= 0.6 is 0 Å². The average Bonchev–Trinajstić information content (AvgIpc) is 2.83. The van der Waals surface area contributed by atoms with Gasteiger partial charge in [0, 0.05) is 39.4 Å². The first kappa shape index (κ1) is 14.3. The molecule has 4 nitrogen and oxygen atoms in total. The molecule has 0 amide bonds. The summed E-state index contributed by atoms with van der Waals surface area (Å²) in [6.45, 7) is 5.30. The van der Waals surface area contributed by atoms with Crippen LogP contribution in [0.1, 0.15) is 32.6 Å². The van der Waals surface area contributed by atoms with Crippen molar-refractivity contribution in [3.05, 3.63) is 0 Å². The molecule has 4 atom stereocenters. The highest BCUT2D eigenvalue weighted by Crippen LogP contribution is 2.27. The fraction of sp³-hybridized carbons (Fsp3) is 1.00. The minimum absolute atomic E-state index is 0.235. The Labute approximate surface area is 111 Å². The molecule has 1 saturated heterocycles. The van der Waals surface area contributed by atoms with Crippen molar-refractivity contribution in [2.45, 2.75) is 56.9 Å². The van der Waals surface area contributed by atoms with Gasteiger partial charge in [-0.05, 0) is 19.4 Å². The Bertz CT molecular complexity index is 236. The summed E-state index contributed by atoms with van der Waals surface area (Å²) in [5.74, 6) is 0. The van der Waals surface area contributed by atoms with Crippen LogP contribution in [0.2, 0.25) is 0 Å². The topological polar surface area (TPSA) is 33.7 Å². The van der Waals surface area contributed by atoms with Gasteiger partial charge in [-0.3, -0.25) is 4.90 Å². The van der Waals surface area contributed by atoms with Gasteiger partial charge in [0.25, 0.3) is 0 Å². The Balaban J connectivity index is 1.97. The standard InChI is InChI=1S/C14H28N2O2/c1-4-15-11-7-5-6-8-12(11)16-9-13(17-2)14(10-16)18-3/h11-15H,4-10H2,1-3H3. The third-order valence-corrected chi connectivity index (χ3v) is 4.51. The first-order chi connectivity index (χ1) is 8.80. The second kappa shape index (κ2) is 6.85. The zero-order chi connectivity index (χ0) is 13.0. The predicted molar refractivity (Wildman–Crippen MR) is 72.9 cm³/mol. The number of likely N-dealkylation sites (N-methyl/N-ethyl adjacent to an activating group) is 1. The van der Waals surface area contributed by atoms with Crippen LogP contribution in [0.5, 0.6) is 0 Å². The van der Waals surface area contributed by atoms with Gasteiger partial charge in [0.1, 0.15) is 0 Å². The molecule has 1 aliphatic heterocycles. The molecule has 0 spiro atoms. The fourth-order valence-corrected chi connectivity index (χ4v) is 3.54. The summed E-state index contributed by atoms with van der Waals surface area (Å²) in [6.07, 6.45) is 5.81. The lowest BCUT2D eigenvalue weighted by Gasteiger charge is -2.38. The summed E-state index contributed by atoms with van der Waals surface area (Å²) in [4.78, 5) is 2.58. The second-order valence-electron chi connectivity index (χ2n) is 5.52. The molecule has 0 aromatic carbocycles. The number of nitrogens with zero attached hydrogens (tertiary/aromatic N) is 1. The maximum atomic E-state index is 5.54. The molecule has 106 valence electrons. The molecule has 2 fully saturated rings. The third kappa shape index (κ3) is 3.05. The Hall–Kier alpha value is -0.160. The lowest BCUT2D eigenvalue weighted by molar-refractivity contribution is -0.00461. The highest BCUT2D eigenvalue weighted by molar-refractivity contribution is 4.95. The van der Waals surface area contributed by atoms with Gasteiger partial charge in [0.15, 0.2) is 0 Å². The van der Waals surface area contributed by atoms with Crippen molar-refractivity contribution in [2.75, 3.05) is 33.9 Å². The highest BCUT2D eigenvalue weighted by Gasteiger charge is 2.39. The molecule has 0 aromatic heterocycles. The molecular formula is C14H28N2O2. The van der Waals surface area contributed by atoms with E-state index in [4.69, 9.17) is 9.47 Å². The molecule has 0 bridgehead atoms. The normalized spacial score (nSPS) is 38.2. The molecule has 1 heterocycles. The molecule has 2 aliphatic rings. The lowest BCUT2D eigenvalue weighted by atomic mass is 9.89. The quantitative estimate of drug-likeness (QED) is 0.803. The second-order valence-corrected chi connectivity index (χ2v) is 5.52. The zero-order valence-electron chi connectivity index (χ0n) is 12.0. The first-order valence-electron chi connectivity index (χ1n) is 7.33. The largest absolute Gasteiger partial charge is 0.377 e. The smallest absolute Gasteiger partial charge is 0.0971 e. The van der Waals surface area contributed by atoms with Gasteiger partial charge in [-0.2, -0.15) is 0 Å². The molecule has 1 N–H and O–H groups in total. The molecule has 4 unspecified atom stereocenters. The summed E-state index contributed by atoms with van der Waals surface area (Å²) < 4.78 is 11.1. The van der Waals surface area contributed by atoms with E-state index in [1.54, 1.807) is 14.2 Å². The van der Waals surface area contributed by atoms with Crippen LogP contribution in [-0.4, -0.2) is 63.0 Å². The minimum atomic E-state index is 0.235. The van der Waals surface area contributed by atoms with Crippen molar-refractivity contribution in [2.24, 2.45) is 0 Å². The van der Waals surface area contributed by atoms with Gasteiger partial charge >= 0.3 is 0 Å². The van der Waals surface area contributed by atoms with Gasteiger partial charge in [0.2, 0.25) is 0 Å². The SMILES string of the molecule is CCNC1CCCCC1N1CC(OC)C(OC)C1. The number of likely N-dealkylation sites (tertiary alicyclic amines) is 1. The van der Waals surface area contributed by atoms with Gasteiger partial charge in [-0.1, -0.05) is 19.8 Å². The number of hydrogen-bond acceptors (Lipinski definition) is 4. The Kier molecular flexibility index (Phi) is 5.42. The van der Waals surface area contributed by atoms with Crippen LogP contribution in [0.25, 0.3) is 0 Å². The summed E-state index contributed by atoms with van der Waals surface area (Å²) in [7, 11) is 3.59. The van der Waals surface area contributed by atoms with Crippen LogP contribution in [0.3, 0.4) is 0 Å². The van der Waals surface area contributed by atoms with Crippen molar-refractivity contribution in [3.63, 3.8) is 0 Å². The number of methoxy groups -OCH3 is 2. The average molecular weight is 256 g/mol. The van der Waals surface area contributed by atoms with Crippen molar-refractivity contribution >= 4 is 0 Å². The van der Waals surface area contributed by atoms with Crippen LogP contribution in [-0.2, 0) is 9.47 Å². The van der Waals surface area contributed by atoms with Gasteiger partial charge in [-0.15, -0.1) is 0 Å². The highest BCUT2D eigenvalue weighted by atomic mass is 16.5. The number of ether oxygens (including phenoxy) is 2. The summed E-state index contributed by atoms with van der Waals surface area (Å²) in [6, 6.07) is 1.31. The third-order valence-electron chi connectivity index (χ3n) is 4.51. The van der Waals surface area contributed by atoms with Crippen LogP contribution in [0, 0.1) is 0 Å². The van der Waals surface area contributed by atoms with E-state index >= 15 is 0 Å². The van der Waals surface area contributed by atoms with Crippen molar-refractivity contribution in [3.8, 4) is 0 Å². The summed E-state index contributed by atoms with van der Waals surface area (Å²) >= 11 is 0. The van der Waals surface area contributed by atoms with Crippen LogP contribution in [0.15, 0.2) is 0 Å². The van der Waals surface area contributed by atoms with Crippen LogP contribution < -0.4 is 5.32 Å². The maximum absolute atomic E-state index is 5.54. The Morgan fingerprint density at radius 3 is 2.22 bits per heavy atom. The van der Waals surface area contributed by atoms with E-state index in [1.165, 1.54) is 25.7 Å². The molecular weight excluding hydrogens is 228 g/mol. The van der Waals surface area contributed by atoms with E-state index in [0.29, 0.717) is 12.1 Å². The van der Waals surface area contributed by atoms with E-state index in [1.807, 2.05) is 0 Å². The molecule has 0 aromatic rings. The molecule has 18 heavy (non-hydrogen) atoms. The van der Waals surface area contributed by atoms with Crippen LogP contribution in [0.4, 0.5) is 0 Å². The van der Waals surface area contributed by atoms with Gasteiger partial charge in [0.05, 0.1) is 12.2 Å². The van der Waals surface area contributed by atoms with E-state index in [-0.39, 0.29) is 12.2 Å². The monoisotopic (exact) mass is 256 g/mol. The van der Waals surface area contributed by atoms with Gasteiger partial charge in [-0.25, -0.2) is 0 Å². The molecule has 0 radical (unpaired) electrons. The maximum Gasteiger partial charge on any atom is 0.0971 e. The zero-order valence-corrected chi connectivity index (χ0v) is 12.0. The molecule has 4 heteroatoms. The number of hydrogen-bond donors (Lipinski definition) is 1. The summed E-state index contributed by atoms with van der Waals surface area (Å²) in [5, 5.41) is 3.65. The lowest BCUT2D eigenvalue weighted by Crippen LogP contribution is -2.51. The van der Waals surface area contributed by atoms with E-state index in [9.17, 15) is 0 Å². The minimum Gasteiger partial charge on any atom is -0.377 e. The predicted octanol–water partition coefficient (Wildman–Crippen LogP) is 1.25. The first-order valence-corrected chi connectivity index (χ1v) is 7.33. The van der Waals surface area contributed by atoms with Crippen molar-refractivity contribution in [1.82, 2.24) is 10.2 Å². The van der Waals surface area contributed by atoms with Crippen molar-refractivity contribution in [1.29, 1.82) is 0 Å². The Morgan fingerprint density at radius 1 is 1.06 bits per heavy atom. The van der Waals surface area contributed by atoms with E-state index < -0.39 is 0 Å². The molecule has 2 rings (SSSR count). The number of rotatable bonds is 5. The fourth-order valence-electron chi connectivity index (χ4n) is 3.54. The molecule has 1 saturated carbocycles. The van der Waals surface area contributed by atoms with Gasteiger partial charge < -0.3 is 14.8 Å².